The Balaban J connectivity index is 4.62. The quantitative estimate of drug-likeness (QED) is 0.0199. The summed E-state index contributed by atoms with van der Waals surface area (Å²) in [4.78, 5) is 38.1. The van der Waals surface area contributed by atoms with Gasteiger partial charge in [-0.1, -0.05) is 231 Å². The maximum absolute atomic E-state index is 12.8. The van der Waals surface area contributed by atoms with Gasteiger partial charge in [0.25, 0.3) is 0 Å². The minimum Gasteiger partial charge on any atom is -0.462 e. The standard InChI is InChI=1S/C64H102O6/c1-4-7-10-13-16-19-22-25-28-31-34-36-39-42-45-48-51-54-57-63(66)69-60-61(70-64(67)58-55-52-49-46-43-40-37-33-30-27-24-21-18-15-12-9-6-3)59-68-62(65)56-53-50-47-44-41-38-35-32-29-26-23-20-17-14-11-8-5-2/h9,12,18,21-22,25-31,34-38,40,44,46-47,49,61H,4-8,10-11,13-17,19-20,23-24,32-33,39,41-43,45,48,50-60H2,1-3H3/b12-9-,21-18-,25-22-,29-26-,30-27-,31-28-,36-34-,38-35-,40-37-,47-44-,49-46-. The van der Waals surface area contributed by atoms with Crippen molar-refractivity contribution in [1.82, 2.24) is 0 Å². The predicted molar refractivity (Wildman–Crippen MR) is 302 cm³/mol. The van der Waals surface area contributed by atoms with E-state index in [2.05, 4.69) is 154 Å². The number of rotatable bonds is 49. The highest BCUT2D eigenvalue weighted by atomic mass is 16.6. The van der Waals surface area contributed by atoms with Crippen LogP contribution in [-0.2, 0) is 28.6 Å². The number of ether oxygens (including phenoxy) is 3. The van der Waals surface area contributed by atoms with Crippen molar-refractivity contribution in [3.63, 3.8) is 0 Å². The average Bonchev–Trinajstić information content (AvgIpc) is 3.36. The van der Waals surface area contributed by atoms with Crippen molar-refractivity contribution in [3.05, 3.63) is 134 Å². The summed E-state index contributed by atoms with van der Waals surface area (Å²) in [6.07, 6.45) is 80.2. The first-order valence-electron chi connectivity index (χ1n) is 28.2. The molecule has 0 heterocycles. The largest absolute Gasteiger partial charge is 0.462 e. The lowest BCUT2D eigenvalue weighted by Crippen LogP contribution is -2.30. The van der Waals surface area contributed by atoms with E-state index in [1.807, 2.05) is 0 Å². The Morgan fingerprint density at radius 2 is 0.629 bits per heavy atom. The molecule has 1 unspecified atom stereocenters. The van der Waals surface area contributed by atoms with E-state index in [1.165, 1.54) is 77.0 Å². The maximum atomic E-state index is 12.8. The van der Waals surface area contributed by atoms with E-state index in [0.29, 0.717) is 19.3 Å². The van der Waals surface area contributed by atoms with Crippen LogP contribution in [0.2, 0.25) is 0 Å². The second kappa shape index (κ2) is 57.1. The van der Waals surface area contributed by atoms with Crippen LogP contribution in [0.1, 0.15) is 233 Å². The Labute approximate surface area is 430 Å². The van der Waals surface area contributed by atoms with E-state index >= 15 is 0 Å². The topological polar surface area (TPSA) is 78.9 Å². The SMILES string of the molecule is CC/C=C\C/C=C\C/C=C\C/C=C\C/C=C\CCCC(=O)OC(COC(=O)CCC/C=C\C/C=C\C/C=C\CCCCCCCC)COC(=O)CCCCCCC\C=C/C=C\C=C/CCCCCCC. The maximum Gasteiger partial charge on any atom is 0.306 e. The summed E-state index contributed by atoms with van der Waals surface area (Å²) in [6.45, 7) is 6.38. The minimum absolute atomic E-state index is 0.132. The van der Waals surface area contributed by atoms with Crippen LogP contribution >= 0.6 is 0 Å². The fourth-order valence-corrected chi connectivity index (χ4v) is 7.20. The molecule has 6 heteroatoms. The van der Waals surface area contributed by atoms with Gasteiger partial charge in [-0.2, -0.15) is 0 Å². The Morgan fingerprint density at radius 1 is 0.314 bits per heavy atom. The number of carbonyl (C=O) groups is 3. The molecule has 6 nitrogen and oxygen atoms in total. The van der Waals surface area contributed by atoms with Gasteiger partial charge in [0.05, 0.1) is 0 Å². The molecule has 394 valence electrons. The minimum atomic E-state index is -0.842. The van der Waals surface area contributed by atoms with Crippen molar-refractivity contribution in [3.8, 4) is 0 Å². The number of hydrogen-bond donors (Lipinski definition) is 0. The van der Waals surface area contributed by atoms with E-state index in [1.54, 1.807) is 0 Å². The molecule has 0 spiro atoms. The molecular formula is C64H102O6. The van der Waals surface area contributed by atoms with Gasteiger partial charge in [0.1, 0.15) is 13.2 Å². The average molecular weight is 968 g/mol. The summed E-state index contributed by atoms with van der Waals surface area (Å²) in [7, 11) is 0. The molecule has 0 fully saturated rings. The van der Waals surface area contributed by atoms with Gasteiger partial charge in [-0.25, -0.2) is 0 Å². The molecule has 0 amide bonds. The first-order chi connectivity index (χ1) is 34.5. The third kappa shape index (κ3) is 54.5. The fourth-order valence-electron chi connectivity index (χ4n) is 7.20. The molecule has 0 aliphatic carbocycles. The second-order valence-corrected chi connectivity index (χ2v) is 18.2. The van der Waals surface area contributed by atoms with Crippen LogP contribution in [0.3, 0.4) is 0 Å². The van der Waals surface area contributed by atoms with Crippen molar-refractivity contribution in [2.45, 2.75) is 239 Å². The second-order valence-electron chi connectivity index (χ2n) is 18.2. The molecule has 0 bridgehead atoms. The molecule has 0 aromatic rings. The zero-order chi connectivity index (χ0) is 50.7. The van der Waals surface area contributed by atoms with Crippen LogP contribution in [0, 0.1) is 0 Å². The molecule has 0 saturated heterocycles. The van der Waals surface area contributed by atoms with E-state index in [9.17, 15) is 14.4 Å². The van der Waals surface area contributed by atoms with Crippen LogP contribution in [0.4, 0.5) is 0 Å². The molecule has 0 saturated carbocycles. The highest BCUT2D eigenvalue weighted by Crippen LogP contribution is 2.12. The fraction of sp³-hybridized carbons (Fsp3) is 0.609. The highest BCUT2D eigenvalue weighted by molar-refractivity contribution is 5.71. The smallest absolute Gasteiger partial charge is 0.306 e. The van der Waals surface area contributed by atoms with Crippen LogP contribution in [0.5, 0.6) is 0 Å². The Kier molecular flexibility index (Phi) is 53.5. The third-order valence-electron chi connectivity index (χ3n) is 11.4. The lowest BCUT2D eigenvalue weighted by atomic mass is 10.1. The van der Waals surface area contributed by atoms with Gasteiger partial charge in [0.15, 0.2) is 6.10 Å². The number of unbranched alkanes of at least 4 members (excludes halogenated alkanes) is 18. The number of carbonyl (C=O) groups excluding carboxylic acids is 3. The molecule has 0 N–H and O–H groups in total. The van der Waals surface area contributed by atoms with Gasteiger partial charge in [-0.15, -0.1) is 0 Å². The molecule has 0 aliphatic rings. The van der Waals surface area contributed by atoms with Gasteiger partial charge >= 0.3 is 17.9 Å². The van der Waals surface area contributed by atoms with Crippen LogP contribution in [0.25, 0.3) is 0 Å². The highest BCUT2D eigenvalue weighted by Gasteiger charge is 2.19. The van der Waals surface area contributed by atoms with Gasteiger partial charge in [0.2, 0.25) is 0 Å². The van der Waals surface area contributed by atoms with Crippen LogP contribution in [-0.4, -0.2) is 37.2 Å². The first-order valence-corrected chi connectivity index (χ1v) is 28.2. The zero-order valence-corrected chi connectivity index (χ0v) is 45.0. The number of esters is 3. The summed E-state index contributed by atoms with van der Waals surface area (Å²) < 4.78 is 16.7. The third-order valence-corrected chi connectivity index (χ3v) is 11.4. The Hall–Kier alpha value is -4.45. The van der Waals surface area contributed by atoms with Crippen molar-refractivity contribution >= 4 is 17.9 Å². The van der Waals surface area contributed by atoms with E-state index < -0.39 is 6.10 Å². The summed E-state index contributed by atoms with van der Waals surface area (Å²) in [5, 5.41) is 0. The monoisotopic (exact) mass is 967 g/mol. The normalized spacial score (nSPS) is 13.1. The van der Waals surface area contributed by atoms with Gasteiger partial charge in [-0.05, 0) is 116 Å². The molecule has 0 aromatic heterocycles. The first kappa shape index (κ1) is 65.5. The summed E-state index contributed by atoms with van der Waals surface area (Å²) in [6, 6.07) is 0. The van der Waals surface area contributed by atoms with E-state index in [-0.39, 0.29) is 44.0 Å². The van der Waals surface area contributed by atoms with Crippen molar-refractivity contribution in [2.24, 2.45) is 0 Å². The predicted octanol–water partition coefficient (Wildman–Crippen LogP) is 19.0. The van der Waals surface area contributed by atoms with Crippen molar-refractivity contribution in [1.29, 1.82) is 0 Å². The van der Waals surface area contributed by atoms with E-state index in [0.717, 1.165) is 103 Å². The molecule has 70 heavy (non-hydrogen) atoms. The summed E-state index contributed by atoms with van der Waals surface area (Å²) >= 11 is 0. The van der Waals surface area contributed by atoms with Crippen molar-refractivity contribution in [2.75, 3.05) is 13.2 Å². The number of hydrogen-bond acceptors (Lipinski definition) is 6. The molecular weight excluding hydrogens is 865 g/mol. The summed E-state index contributed by atoms with van der Waals surface area (Å²) in [5.74, 6) is -1.07. The zero-order valence-electron chi connectivity index (χ0n) is 45.0. The molecule has 1 atom stereocenters. The van der Waals surface area contributed by atoms with Crippen LogP contribution in [0.15, 0.2) is 134 Å². The summed E-state index contributed by atoms with van der Waals surface area (Å²) in [5.41, 5.74) is 0. The van der Waals surface area contributed by atoms with E-state index in [4.69, 9.17) is 14.2 Å². The lowest BCUT2D eigenvalue weighted by Gasteiger charge is -2.18. The molecule has 0 aromatic carbocycles. The van der Waals surface area contributed by atoms with Gasteiger partial charge in [-0.3, -0.25) is 14.4 Å². The molecule has 0 radical (unpaired) electrons. The lowest BCUT2D eigenvalue weighted by molar-refractivity contribution is -0.167. The molecule has 0 aliphatic heterocycles. The van der Waals surface area contributed by atoms with Crippen LogP contribution < -0.4 is 0 Å². The molecule has 0 rings (SSSR count). The Bertz CT molecular complexity index is 1530. The van der Waals surface area contributed by atoms with Crippen molar-refractivity contribution < 1.29 is 28.6 Å². The Morgan fingerprint density at radius 3 is 1.04 bits per heavy atom. The number of allylic oxidation sites excluding steroid dienone is 22. The van der Waals surface area contributed by atoms with Gasteiger partial charge in [0, 0.05) is 19.3 Å². The van der Waals surface area contributed by atoms with Gasteiger partial charge < -0.3 is 14.2 Å².